The van der Waals surface area contributed by atoms with Gasteiger partial charge in [-0.05, 0) is 78.5 Å². The Morgan fingerprint density at radius 3 is 1.70 bits per heavy atom. The number of aryl methyl sites for hydroxylation is 1. The van der Waals surface area contributed by atoms with Gasteiger partial charge in [-0.2, -0.15) is 37.3 Å². The molecule has 0 saturated heterocycles. The molecule has 0 saturated carbocycles. The molecule has 0 spiro atoms. The van der Waals surface area contributed by atoms with Crippen LogP contribution in [0.3, 0.4) is 0 Å². The van der Waals surface area contributed by atoms with Gasteiger partial charge in [-0.3, -0.25) is 9.11 Å². The van der Waals surface area contributed by atoms with Crippen molar-refractivity contribution in [3.05, 3.63) is 103 Å². The fraction of sp³-hybridized carbons (Fsp3) is 0.0833. The lowest BCUT2D eigenvalue weighted by atomic mass is 10.0. The maximum Gasteiger partial charge on any atom is 0.323 e. The van der Waals surface area contributed by atoms with Gasteiger partial charge in [0.05, 0.1) is 60.4 Å². The van der Waals surface area contributed by atoms with Gasteiger partial charge < -0.3 is 20.1 Å². The van der Waals surface area contributed by atoms with Gasteiger partial charge in [-0.1, -0.05) is 29.3 Å². The van der Waals surface area contributed by atoms with Crippen LogP contribution in [0.5, 0.6) is 11.5 Å². The minimum absolute atomic E-state index is 0.0492. The van der Waals surface area contributed by atoms with Crippen molar-refractivity contribution in [2.45, 2.75) is 21.6 Å². The van der Waals surface area contributed by atoms with Crippen molar-refractivity contribution < 1.29 is 54.8 Å². The van der Waals surface area contributed by atoms with E-state index in [2.05, 4.69) is 40.5 Å². The highest BCUT2D eigenvalue weighted by Crippen LogP contribution is 2.38. The fourth-order valence-corrected chi connectivity index (χ4v) is 7.63. The molecule has 0 aliphatic rings. The molecular formula is C36H30N6O12S3. The van der Waals surface area contributed by atoms with E-state index >= 15 is 0 Å². The molecule has 2 amide bonds. The van der Waals surface area contributed by atoms with E-state index < -0.39 is 31.2 Å². The number of amides is 2. The first kappa shape index (κ1) is 40.6. The summed E-state index contributed by atoms with van der Waals surface area (Å²) >= 11 is 0.597. The van der Waals surface area contributed by atoms with Crippen molar-refractivity contribution in [1.29, 1.82) is 0 Å². The van der Waals surface area contributed by atoms with Gasteiger partial charge in [0.25, 0.3) is 20.2 Å². The Bertz CT molecular complexity index is 2820. The second kappa shape index (κ2) is 17.0. The van der Waals surface area contributed by atoms with E-state index in [-0.39, 0.29) is 44.5 Å². The number of carbonyl (C=O) groups is 1. The molecule has 5 N–H and O–H groups in total. The number of methoxy groups -OCH3 is 2. The molecule has 0 aliphatic heterocycles. The number of hydrogen-bond acceptors (Lipinski definition) is 15. The summed E-state index contributed by atoms with van der Waals surface area (Å²) < 4.78 is 83.3. The SMILES string of the molecule is COc1cc(N=Nc2cc(S(=O)(=O)O)c3cccc(SOOO)c3c2)ccc1NC(=O)Nc1ccc(N=Nc2cc(C)c3cccc(S(=O)(=O)O)c3c2)cc1OC. The third-order valence-electron chi connectivity index (χ3n) is 8.19. The molecule has 0 radical (unpaired) electrons. The van der Waals surface area contributed by atoms with E-state index in [1.54, 1.807) is 37.3 Å². The van der Waals surface area contributed by atoms with Crippen LogP contribution in [0, 0.1) is 6.92 Å². The summed E-state index contributed by atoms with van der Waals surface area (Å²) in [6.07, 6.45) is 0. The predicted octanol–water partition coefficient (Wildman–Crippen LogP) is 9.72. The molecule has 6 rings (SSSR count). The number of hydrogen-bond donors (Lipinski definition) is 5. The Morgan fingerprint density at radius 1 is 0.614 bits per heavy atom. The zero-order valence-corrected chi connectivity index (χ0v) is 32.2. The van der Waals surface area contributed by atoms with E-state index in [1.807, 2.05) is 0 Å². The number of ether oxygens (including phenoxy) is 2. The summed E-state index contributed by atoms with van der Waals surface area (Å²) in [5.74, 6) is 0.451. The van der Waals surface area contributed by atoms with Gasteiger partial charge in [0, 0.05) is 33.2 Å². The summed E-state index contributed by atoms with van der Waals surface area (Å²) in [6.45, 7) is 1.78. The third-order valence-corrected chi connectivity index (χ3v) is 10.7. The van der Waals surface area contributed by atoms with Crippen LogP contribution in [0.25, 0.3) is 21.5 Å². The highest BCUT2D eigenvalue weighted by Gasteiger charge is 2.19. The van der Waals surface area contributed by atoms with Gasteiger partial charge >= 0.3 is 6.03 Å². The molecule has 0 unspecified atom stereocenters. The lowest BCUT2D eigenvalue weighted by Crippen LogP contribution is -2.20. The van der Waals surface area contributed by atoms with E-state index in [0.717, 1.165) is 11.6 Å². The maximum atomic E-state index is 13.1. The number of urea groups is 1. The molecule has 21 heteroatoms. The number of azo groups is 2. The predicted molar refractivity (Wildman–Crippen MR) is 210 cm³/mol. The van der Waals surface area contributed by atoms with E-state index in [9.17, 15) is 30.7 Å². The van der Waals surface area contributed by atoms with Crippen molar-refractivity contribution in [2.75, 3.05) is 24.9 Å². The third kappa shape index (κ3) is 9.50. The van der Waals surface area contributed by atoms with Crippen LogP contribution >= 0.6 is 12.0 Å². The molecule has 0 fully saturated rings. The molecule has 6 aromatic carbocycles. The number of nitrogens with one attached hydrogen (secondary N) is 2. The fourth-order valence-electron chi connectivity index (χ4n) is 5.71. The Balaban J connectivity index is 1.18. The first-order valence-electron chi connectivity index (χ1n) is 16.2. The Kier molecular flexibility index (Phi) is 12.1. The van der Waals surface area contributed by atoms with Gasteiger partial charge in [0.2, 0.25) is 0 Å². The van der Waals surface area contributed by atoms with Crippen LogP contribution in [-0.4, -0.2) is 51.4 Å². The number of benzene rings is 6. The Hall–Kier alpha value is -6.04. The molecule has 0 atom stereocenters. The monoisotopic (exact) mass is 834 g/mol. The summed E-state index contributed by atoms with van der Waals surface area (Å²) in [7, 11) is -6.40. The summed E-state index contributed by atoms with van der Waals surface area (Å²) in [6, 6.07) is 23.5. The van der Waals surface area contributed by atoms with Crippen LogP contribution in [0.1, 0.15) is 5.56 Å². The highest BCUT2D eigenvalue weighted by molar-refractivity contribution is 7.94. The molecule has 6 aromatic rings. The molecular weight excluding hydrogens is 805 g/mol. The van der Waals surface area contributed by atoms with E-state index in [1.165, 1.54) is 74.9 Å². The number of rotatable bonds is 13. The molecule has 0 bridgehead atoms. The van der Waals surface area contributed by atoms with Crippen LogP contribution < -0.4 is 20.1 Å². The Morgan fingerprint density at radius 2 is 1.14 bits per heavy atom. The summed E-state index contributed by atoms with van der Waals surface area (Å²) in [4.78, 5) is 12.7. The van der Waals surface area contributed by atoms with Crippen LogP contribution in [-0.2, 0) is 29.6 Å². The van der Waals surface area contributed by atoms with Crippen LogP contribution in [0.4, 0.5) is 38.9 Å². The van der Waals surface area contributed by atoms with Crippen molar-refractivity contribution in [2.24, 2.45) is 20.5 Å². The maximum absolute atomic E-state index is 13.1. The largest absolute Gasteiger partial charge is 0.494 e. The molecule has 0 aromatic heterocycles. The Labute approximate surface area is 328 Å². The van der Waals surface area contributed by atoms with Gasteiger partial charge in [0.1, 0.15) is 21.3 Å². The van der Waals surface area contributed by atoms with Crippen molar-refractivity contribution >= 4 is 94.0 Å². The summed E-state index contributed by atoms with van der Waals surface area (Å²) in [5, 5.41) is 35.8. The van der Waals surface area contributed by atoms with Gasteiger partial charge in [0.15, 0.2) is 0 Å². The number of fused-ring (bicyclic) bond motifs is 2. The number of carbonyl (C=O) groups excluding carboxylic acids is 1. The minimum atomic E-state index is -4.69. The number of anilines is 2. The summed E-state index contributed by atoms with van der Waals surface area (Å²) in [5.41, 5.74) is 2.27. The van der Waals surface area contributed by atoms with Crippen molar-refractivity contribution in [1.82, 2.24) is 0 Å². The molecule has 0 aliphatic carbocycles. The van der Waals surface area contributed by atoms with Gasteiger partial charge in [-0.25, -0.2) is 10.1 Å². The number of nitrogens with zero attached hydrogens (tertiary/aromatic N) is 4. The average Bonchev–Trinajstić information content (AvgIpc) is 3.17. The zero-order chi connectivity index (χ0) is 40.9. The minimum Gasteiger partial charge on any atom is -0.494 e. The molecule has 18 nitrogen and oxygen atoms in total. The topological polar surface area (TPSA) is 256 Å². The van der Waals surface area contributed by atoms with Crippen molar-refractivity contribution in [3.63, 3.8) is 0 Å². The van der Waals surface area contributed by atoms with E-state index in [4.69, 9.17) is 14.7 Å². The molecule has 0 heterocycles. The van der Waals surface area contributed by atoms with Crippen LogP contribution in [0.2, 0.25) is 0 Å². The molecule has 57 heavy (non-hydrogen) atoms. The normalized spacial score (nSPS) is 12.1. The standard InChI is InChI=1S/C36H30N6O12S3/c1-20-14-23(16-28-25(20)6-5-9-34(28)56(45,46)47)41-39-21-10-12-29(31(17-21)51-2)37-36(43)38-30-13-11-22(18-32(30)52-3)40-42-24-15-27-26(35(19-24)57(48,49)50)7-4-8-33(27)55-54-53-44/h4-19,44H,1-3H3,(H2,37,38,43)(H,45,46,47)(H,48,49,50). The molecule has 294 valence electrons. The quantitative estimate of drug-likeness (QED) is 0.0239. The van der Waals surface area contributed by atoms with Crippen LogP contribution in [0.15, 0.2) is 132 Å². The van der Waals surface area contributed by atoms with Gasteiger partial charge in [-0.15, -0.1) is 4.33 Å². The zero-order valence-electron chi connectivity index (χ0n) is 29.8. The lowest BCUT2D eigenvalue weighted by Gasteiger charge is -2.13. The first-order valence-corrected chi connectivity index (χ1v) is 19.8. The first-order chi connectivity index (χ1) is 27.2. The second-order valence-electron chi connectivity index (χ2n) is 11.8. The lowest BCUT2D eigenvalue weighted by molar-refractivity contribution is -0.432. The second-order valence-corrected chi connectivity index (χ2v) is 15.4. The van der Waals surface area contributed by atoms with E-state index in [0.29, 0.717) is 44.5 Å². The highest BCUT2D eigenvalue weighted by atomic mass is 32.2. The smallest absolute Gasteiger partial charge is 0.323 e. The average molecular weight is 835 g/mol. The van der Waals surface area contributed by atoms with Crippen molar-refractivity contribution in [3.8, 4) is 11.5 Å².